The van der Waals surface area contributed by atoms with Crippen molar-refractivity contribution < 1.29 is 4.74 Å². The third-order valence-corrected chi connectivity index (χ3v) is 3.51. The molecule has 3 heteroatoms. The van der Waals surface area contributed by atoms with Crippen LogP contribution in [-0.4, -0.2) is 11.1 Å². The first kappa shape index (κ1) is 12.8. The first-order chi connectivity index (χ1) is 9.81. The van der Waals surface area contributed by atoms with Crippen molar-refractivity contribution in [3.63, 3.8) is 0 Å². The van der Waals surface area contributed by atoms with E-state index in [1.165, 1.54) is 16.5 Å². The van der Waals surface area contributed by atoms with Crippen molar-refractivity contribution in [2.75, 3.05) is 6.54 Å². The predicted molar refractivity (Wildman–Crippen MR) is 82.2 cm³/mol. The normalized spacial score (nSPS) is 10.9. The quantitative estimate of drug-likeness (QED) is 0.785. The third-order valence-electron chi connectivity index (χ3n) is 3.51. The molecule has 0 atom stereocenters. The number of aryl methyl sites for hydroxylation is 1. The summed E-state index contributed by atoms with van der Waals surface area (Å²) in [6.45, 7) is 0.610. The molecule has 1 heterocycles. The number of nitrogens with zero attached hydrogens (tertiary/aromatic N) is 1. The van der Waals surface area contributed by atoms with Gasteiger partial charge >= 0.3 is 0 Å². The summed E-state index contributed by atoms with van der Waals surface area (Å²) in [4.78, 5) is 0. The highest BCUT2D eigenvalue weighted by molar-refractivity contribution is 5.87. The van der Waals surface area contributed by atoms with E-state index < -0.39 is 0 Å². The number of hydrogen-bond donors (Lipinski definition) is 1. The van der Waals surface area contributed by atoms with Gasteiger partial charge in [0.05, 0.1) is 5.52 Å². The minimum Gasteiger partial charge on any atom is -0.441 e. The standard InChI is InChI=1S/C17H18N2O/c1-19-16-10-6-5-9-14(16)15(11-12-18)17(19)20-13-7-3-2-4-8-13/h2-10H,11-12,18H2,1H3. The number of hydrogen-bond acceptors (Lipinski definition) is 2. The smallest absolute Gasteiger partial charge is 0.204 e. The summed E-state index contributed by atoms with van der Waals surface area (Å²) in [5.74, 6) is 1.72. The molecule has 0 spiro atoms. The Bertz CT molecular complexity index is 716. The maximum atomic E-state index is 6.09. The number of para-hydroxylation sites is 2. The maximum Gasteiger partial charge on any atom is 0.204 e. The van der Waals surface area contributed by atoms with E-state index in [0.717, 1.165) is 18.1 Å². The number of ether oxygens (including phenoxy) is 1. The molecule has 0 radical (unpaired) electrons. The van der Waals surface area contributed by atoms with Crippen LogP contribution in [0.15, 0.2) is 54.6 Å². The van der Waals surface area contributed by atoms with Gasteiger partial charge in [-0.3, -0.25) is 0 Å². The van der Waals surface area contributed by atoms with Crippen LogP contribution in [0.25, 0.3) is 10.9 Å². The number of aromatic nitrogens is 1. The molecule has 0 aliphatic heterocycles. The van der Waals surface area contributed by atoms with Crippen molar-refractivity contribution in [2.45, 2.75) is 6.42 Å². The van der Waals surface area contributed by atoms with Crippen molar-refractivity contribution in [2.24, 2.45) is 12.8 Å². The van der Waals surface area contributed by atoms with Crippen LogP contribution in [0.3, 0.4) is 0 Å². The van der Waals surface area contributed by atoms with Gasteiger partial charge in [0, 0.05) is 18.0 Å². The summed E-state index contributed by atoms with van der Waals surface area (Å²) in [6, 6.07) is 18.2. The van der Waals surface area contributed by atoms with E-state index in [-0.39, 0.29) is 0 Å². The summed E-state index contributed by atoms with van der Waals surface area (Å²) in [5, 5.41) is 1.21. The van der Waals surface area contributed by atoms with E-state index in [1.54, 1.807) is 0 Å². The van der Waals surface area contributed by atoms with Crippen molar-refractivity contribution in [3.8, 4) is 11.6 Å². The van der Waals surface area contributed by atoms with Crippen molar-refractivity contribution in [1.82, 2.24) is 4.57 Å². The van der Waals surface area contributed by atoms with Crippen LogP contribution in [0, 0.1) is 0 Å². The van der Waals surface area contributed by atoms with Gasteiger partial charge < -0.3 is 15.0 Å². The number of benzene rings is 2. The van der Waals surface area contributed by atoms with Gasteiger partial charge in [0.15, 0.2) is 0 Å². The lowest BCUT2D eigenvalue weighted by molar-refractivity contribution is 0.440. The first-order valence-corrected chi connectivity index (χ1v) is 6.80. The Labute approximate surface area is 118 Å². The van der Waals surface area contributed by atoms with Gasteiger partial charge in [0.2, 0.25) is 5.88 Å². The molecule has 20 heavy (non-hydrogen) atoms. The average molecular weight is 266 g/mol. The number of nitrogens with two attached hydrogens (primary N) is 1. The maximum absolute atomic E-state index is 6.09. The average Bonchev–Trinajstić information content (AvgIpc) is 2.75. The molecule has 102 valence electrons. The van der Waals surface area contributed by atoms with Crippen LogP contribution >= 0.6 is 0 Å². The molecule has 0 aliphatic rings. The lowest BCUT2D eigenvalue weighted by Gasteiger charge is -2.09. The molecule has 0 saturated carbocycles. The predicted octanol–water partition coefficient (Wildman–Crippen LogP) is 3.47. The fourth-order valence-corrected chi connectivity index (χ4v) is 2.56. The highest BCUT2D eigenvalue weighted by Crippen LogP contribution is 2.34. The fourth-order valence-electron chi connectivity index (χ4n) is 2.56. The molecule has 1 aromatic heterocycles. The molecular weight excluding hydrogens is 248 g/mol. The van der Waals surface area contributed by atoms with Gasteiger partial charge in [-0.1, -0.05) is 36.4 Å². The second kappa shape index (κ2) is 5.39. The van der Waals surface area contributed by atoms with Crippen molar-refractivity contribution in [1.29, 1.82) is 0 Å². The summed E-state index contributed by atoms with van der Waals surface area (Å²) < 4.78 is 8.18. The van der Waals surface area contributed by atoms with Crippen LogP contribution in [0.5, 0.6) is 11.6 Å². The molecule has 3 nitrogen and oxygen atoms in total. The Morgan fingerprint density at radius 2 is 1.70 bits per heavy atom. The van der Waals surface area contributed by atoms with Crippen LogP contribution in [0.1, 0.15) is 5.56 Å². The molecular formula is C17H18N2O. The number of rotatable bonds is 4. The Hall–Kier alpha value is -2.26. The van der Waals surface area contributed by atoms with Crippen LogP contribution in [-0.2, 0) is 13.5 Å². The Kier molecular flexibility index (Phi) is 3.44. The minimum atomic E-state index is 0.610. The molecule has 3 rings (SSSR count). The minimum absolute atomic E-state index is 0.610. The van der Waals surface area contributed by atoms with E-state index in [2.05, 4.69) is 22.8 Å². The second-order valence-corrected chi connectivity index (χ2v) is 4.81. The highest BCUT2D eigenvalue weighted by atomic mass is 16.5. The molecule has 0 saturated heterocycles. The van der Waals surface area contributed by atoms with Crippen LogP contribution in [0.4, 0.5) is 0 Å². The zero-order valence-electron chi connectivity index (χ0n) is 11.5. The molecule has 3 aromatic rings. The topological polar surface area (TPSA) is 40.2 Å². The van der Waals surface area contributed by atoms with Gasteiger partial charge in [-0.2, -0.15) is 0 Å². The third kappa shape index (κ3) is 2.17. The zero-order valence-corrected chi connectivity index (χ0v) is 11.5. The molecule has 0 bridgehead atoms. The van der Waals surface area contributed by atoms with E-state index in [9.17, 15) is 0 Å². The van der Waals surface area contributed by atoms with Gasteiger partial charge in [-0.25, -0.2) is 0 Å². The van der Waals surface area contributed by atoms with Gasteiger partial charge in [0.1, 0.15) is 5.75 Å². The lowest BCUT2D eigenvalue weighted by atomic mass is 10.1. The van der Waals surface area contributed by atoms with Crippen molar-refractivity contribution in [3.05, 3.63) is 60.2 Å². The summed E-state index contributed by atoms with van der Waals surface area (Å²) >= 11 is 0. The second-order valence-electron chi connectivity index (χ2n) is 4.81. The van der Waals surface area contributed by atoms with Crippen molar-refractivity contribution >= 4 is 10.9 Å². The summed E-state index contributed by atoms with van der Waals surface area (Å²) in [7, 11) is 2.03. The lowest BCUT2D eigenvalue weighted by Crippen LogP contribution is -2.04. The van der Waals surface area contributed by atoms with Crippen LogP contribution in [0.2, 0.25) is 0 Å². The van der Waals surface area contributed by atoms with Gasteiger partial charge in [0.25, 0.3) is 0 Å². The Morgan fingerprint density at radius 1 is 1.00 bits per heavy atom. The Balaban J connectivity index is 2.13. The van der Waals surface area contributed by atoms with Gasteiger partial charge in [-0.05, 0) is 31.2 Å². The fraction of sp³-hybridized carbons (Fsp3) is 0.176. The molecule has 0 aliphatic carbocycles. The molecule has 0 fully saturated rings. The SMILES string of the molecule is Cn1c(Oc2ccccc2)c(CCN)c2ccccc21. The Morgan fingerprint density at radius 3 is 2.45 bits per heavy atom. The molecule has 0 amide bonds. The highest BCUT2D eigenvalue weighted by Gasteiger charge is 2.16. The number of fused-ring (bicyclic) bond motifs is 1. The molecule has 0 unspecified atom stereocenters. The van der Waals surface area contributed by atoms with Gasteiger partial charge in [-0.15, -0.1) is 0 Å². The molecule has 2 aromatic carbocycles. The molecule has 2 N–H and O–H groups in total. The van der Waals surface area contributed by atoms with E-state index >= 15 is 0 Å². The van der Waals surface area contributed by atoms with E-state index in [0.29, 0.717) is 6.54 Å². The van der Waals surface area contributed by atoms with E-state index in [1.807, 2.05) is 43.4 Å². The zero-order chi connectivity index (χ0) is 13.9. The summed E-state index contributed by atoms with van der Waals surface area (Å²) in [5.41, 5.74) is 8.10. The summed E-state index contributed by atoms with van der Waals surface area (Å²) in [6.07, 6.45) is 0.809. The first-order valence-electron chi connectivity index (χ1n) is 6.80. The van der Waals surface area contributed by atoms with E-state index in [4.69, 9.17) is 10.5 Å². The monoisotopic (exact) mass is 266 g/mol. The largest absolute Gasteiger partial charge is 0.441 e. The van der Waals surface area contributed by atoms with Crippen LogP contribution < -0.4 is 10.5 Å².